The third-order valence-electron chi connectivity index (χ3n) is 3.36. The Balaban J connectivity index is 2.70. The molecule has 2 N–H and O–H groups in total. The Morgan fingerprint density at radius 2 is 1.65 bits per heavy atom. The molecule has 6 nitrogen and oxygen atoms in total. The molecule has 1 unspecified atom stereocenters. The van der Waals surface area contributed by atoms with Crippen LogP contribution in [0.1, 0.15) is 44.0 Å². The first-order valence-corrected chi connectivity index (χ1v) is 9.78. The van der Waals surface area contributed by atoms with E-state index in [0.29, 0.717) is 11.3 Å². The third kappa shape index (κ3) is 7.00. The Bertz CT molecular complexity index is 594. The molecule has 0 aliphatic heterocycles. The number of nitrogens with one attached hydrogen (secondary N) is 2. The monoisotopic (exact) mass is 341 g/mol. The summed E-state index contributed by atoms with van der Waals surface area (Å²) in [7, 11) is -3.31. The molecule has 23 heavy (non-hydrogen) atoms. The van der Waals surface area contributed by atoms with Gasteiger partial charge in [0.1, 0.15) is 0 Å². The second-order valence-corrected chi connectivity index (χ2v) is 7.39. The summed E-state index contributed by atoms with van der Waals surface area (Å²) in [6.07, 6.45) is 3.11. The van der Waals surface area contributed by atoms with Crippen LogP contribution in [-0.4, -0.2) is 44.7 Å². The van der Waals surface area contributed by atoms with E-state index in [1.165, 1.54) is 0 Å². The zero-order valence-electron chi connectivity index (χ0n) is 14.3. The van der Waals surface area contributed by atoms with Crippen molar-refractivity contribution in [2.24, 2.45) is 0 Å². The van der Waals surface area contributed by atoms with Crippen LogP contribution in [0.25, 0.3) is 0 Å². The maximum Gasteiger partial charge on any atom is 0.252 e. The summed E-state index contributed by atoms with van der Waals surface area (Å²) >= 11 is 0. The topological polar surface area (TPSA) is 78.5 Å². The molecule has 0 aromatic heterocycles. The normalized spacial score (nSPS) is 12.9. The summed E-state index contributed by atoms with van der Waals surface area (Å²) in [5.41, 5.74) is 0.944. The largest absolute Gasteiger partial charge is 0.337 e. The minimum Gasteiger partial charge on any atom is -0.337 e. The van der Waals surface area contributed by atoms with Gasteiger partial charge in [0, 0.05) is 11.3 Å². The number of nitrogens with zero attached hydrogens (tertiary/aromatic N) is 1. The van der Waals surface area contributed by atoms with Crippen molar-refractivity contribution < 1.29 is 13.2 Å². The first kappa shape index (κ1) is 19.4. The standard InChI is InChI=1S/C16H27N3O3S/c1-5-11-19(12-6-2)13(3)17-16(20)14-7-9-15(10-8-14)18-23(4,21)22/h7-10,13,18H,5-6,11-12H2,1-4H3,(H,17,20). The molecule has 1 aromatic rings. The lowest BCUT2D eigenvalue weighted by atomic mass is 10.2. The molecule has 0 aliphatic carbocycles. The van der Waals surface area contributed by atoms with E-state index in [0.717, 1.165) is 32.2 Å². The quantitative estimate of drug-likeness (QED) is 0.675. The van der Waals surface area contributed by atoms with Gasteiger partial charge in [-0.05, 0) is 57.1 Å². The van der Waals surface area contributed by atoms with E-state index in [1.54, 1.807) is 24.3 Å². The second kappa shape index (κ2) is 8.88. The Morgan fingerprint density at radius 3 is 2.09 bits per heavy atom. The smallest absolute Gasteiger partial charge is 0.252 e. The van der Waals surface area contributed by atoms with Gasteiger partial charge in [-0.15, -0.1) is 0 Å². The molecule has 1 aromatic carbocycles. The number of amides is 1. The van der Waals surface area contributed by atoms with E-state index in [2.05, 4.69) is 28.8 Å². The predicted octanol–water partition coefficient (Wildman–Crippen LogP) is 2.26. The molecule has 1 rings (SSSR count). The third-order valence-corrected chi connectivity index (χ3v) is 3.97. The lowest BCUT2D eigenvalue weighted by Gasteiger charge is -2.29. The molecule has 0 aliphatic rings. The fourth-order valence-corrected chi connectivity index (χ4v) is 2.91. The van der Waals surface area contributed by atoms with Gasteiger partial charge in [0.2, 0.25) is 10.0 Å². The molecular weight excluding hydrogens is 314 g/mol. The zero-order chi connectivity index (χ0) is 17.5. The van der Waals surface area contributed by atoms with Crippen molar-refractivity contribution in [3.8, 4) is 0 Å². The number of anilines is 1. The van der Waals surface area contributed by atoms with Crippen LogP contribution in [0, 0.1) is 0 Å². The molecular formula is C16H27N3O3S. The van der Waals surface area contributed by atoms with E-state index in [1.807, 2.05) is 6.92 Å². The minimum atomic E-state index is -3.31. The lowest BCUT2D eigenvalue weighted by Crippen LogP contribution is -2.46. The SMILES string of the molecule is CCCN(CCC)C(C)NC(=O)c1ccc(NS(C)(=O)=O)cc1. The van der Waals surface area contributed by atoms with Gasteiger partial charge < -0.3 is 5.32 Å². The summed E-state index contributed by atoms with van der Waals surface area (Å²) in [5, 5.41) is 2.98. The first-order chi connectivity index (χ1) is 10.8. The van der Waals surface area contributed by atoms with Gasteiger partial charge in [-0.2, -0.15) is 0 Å². The Hall–Kier alpha value is -1.60. The van der Waals surface area contributed by atoms with Crippen LogP contribution in [0.2, 0.25) is 0 Å². The number of sulfonamides is 1. The molecule has 0 saturated carbocycles. The highest BCUT2D eigenvalue weighted by Crippen LogP contribution is 2.11. The highest BCUT2D eigenvalue weighted by Gasteiger charge is 2.15. The molecule has 0 radical (unpaired) electrons. The van der Waals surface area contributed by atoms with Crippen LogP contribution in [-0.2, 0) is 10.0 Å². The van der Waals surface area contributed by atoms with Gasteiger partial charge >= 0.3 is 0 Å². The fraction of sp³-hybridized carbons (Fsp3) is 0.562. The van der Waals surface area contributed by atoms with Crippen molar-refractivity contribution in [2.75, 3.05) is 24.1 Å². The van der Waals surface area contributed by atoms with Crippen LogP contribution >= 0.6 is 0 Å². The molecule has 0 bridgehead atoms. The van der Waals surface area contributed by atoms with Crippen molar-refractivity contribution in [1.82, 2.24) is 10.2 Å². The summed E-state index contributed by atoms with van der Waals surface area (Å²) in [5.74, 6) is -0.166. The number of hydrogen-bond donors (Lipinski definition) is 2. The molecule has 0 heterocycles. The number of carbonyl (C=O) groups is 1. The van der Waals surface area contributed by atoms with Crippen molar-refractivity contribution >= 4 is 21.6 Å². The maximum atomic E-state index is 12.3. The van der Waals surface area contributed by atoms with E-state index in [4.69, 9.17) is 0 Å². The molecule has 130 valence electrons. The van der Waals surface area contributed by atoms with Gasteiger partial charge in [-0.25, -0.2) is 8.42 Å². The highest BCUT2D eigenvalue weighted by atomic mass is 32.2. The fourth-order valence-electron chi connectivity index (χ4n) is 2.34. The molecule has 1 atom stereocenters. The summed E-state index contributed by atoms with van der Waals surface area (Å²) in [6.45, 7) is 8.08. The number of hydrogen-bond acceptors (Lipinski definition) is 4. The minimum absolute atomic E-state index is 0.0452. The van der Waals surface area contributed by atoms with Crippen molar-refractivity contribution in [3.63, 3.8) is 0 Å². The summed E-state index contributed by atoms with van der Waals surface area (Å²) < 4.78 is 24.7. The predicted molar refractivity (Wildman–Crippen MR) is 94.0 cm³/mol. The van der Waals surface area contributed by atoms with Crippen LogP contribution in [0.4, 0.5) is 5.69 Å². The van der Waals surface area contributed by atoms with Crippen molar-refractivity contribution in [1.29, 1.82) is 0 Å². The Morgan fingerprint density at radius 1 is 1.13 bits per heavy atom. The Labute approximate surface area is 139 Å². The first-order valence-electron chi connectivity index (χ1n) is 7.89. The molecule has 1 amide bonds. The number of rotatable bonds is 9. The van der Waals surface area contributed by atoms with E-state index >= 15 is 0 Å². The molecule has 0 saturated heterocycles. The van der Waals surface area contributed by atoms with E-state index in [9.17, 15) is 13.2 Å². The highest BCUT2D eigenvalue weighted by molar-refractivity contribution is 7.92. The second-order valence-electron chi connectivity index (χ2n) is 5.64. The van der Waals surface area contributed by atoms with E-state index < -0.39 is 10.0 Å². The summed E-state index contributed by atoms with van der Waals surface area (Å²) in [6, 6.07) is 6.38. The van der Waals surface area contributed by atoms with Crippen LogP contribution < -0.4 is 10.0 Å². The average molecular weight is 341 g/mol. The van der Waals surface area contributed by atoms with E-state index in [-0.39, 0.29) is 12.1 Å². The van der Waals surface area contributed by atoms with Crippen LogP contribution in [0.3, 0.4) is 0 Å². The van der Waals surface area contributed by atoms with Gasteiger partial charge in [-0.3, -0.25) is 14.4 Å². The molecule has 0 fully saturated rings. The lowest BCUT2D eigenvalue weighted by molar-refractivity contribution is 0.0864. The number of carbonyl (C=O) groups excluding carboxylic acids is 1. The van der Waals surface area contributed by atoms with Crippen molar-refractivity contribution in [2.45, 2.75) is 39.8 Å². The van der Waals surface area contributed by atoms with Crippen molar-refractivity contribution in [3.05, 3.63) is 29.8 Å². The maximum absolute atomic E-state index is 12.3. The van der Waals surface area contributed by atoms with Gasteiger partial charge in [0.25, 0.3) is 5.91 Å². The average Bonchev–Trinajstić information content (AvgIpc) is 2.46. The van der Waals surface area contributed by atoms with Gasteiger partial charge in [0.15, 0.2) is 0 Å². The Kier molecular flexibility index (Phi) is 7.51. The molecule has 7 heteroatoms. The zero-order valence-corrected chi connectivity index (χ0v) is 15.1. The van der Waals surface area contributed by atoms with Crippen LogP contribution in [0.5, 0.6) is 0 Å². The van der Waals surface area contributed by atoms with Gasteiger partial charge in [-0.1, -0.05) is 13.8 Å². The summed E-state index contributed by atoms with van der Waals surface area (Å²) in [4.78, 5) is 14.5. The van der Waals surface area contributed by atoms with Gasteiger partial charge in [0.05, 0.1) is 12.4 Å². The molecule has 0 spiro atoms. The van der Waals surface area contributed by atoms with Crippen LogP contribution in [0.15, 0.2) is 24.3 Å². The number of benzene rings is 1.